The lowest BCUT2D eigenvalue weighted by Crippen LogP contribution is -2.09. The van der Waals surface area contributed by atoms with Gasteiger partial charge in [-0.2, -0.15) is 5.10 Å². The number of rotatable bonds is 4. The van der Waals surface area contributed by atoms with E-state index in [4.69, 9.17) is 4.74 Å². The van der Waals surface area contributed by atoms with Crippen molar-refractivity contribution >= 4 is 11.5 Å². The fourth-order valence-corrected chi connectivity index (χ4v) is 3.09. The van der Waals surface area contributed by atoms with Gasteiger partial charge in [0, 0.05) is 11.1 Å². The second-order valence-electron chi connectivity index (χ2n) is 6.15. The molecule has 140 valence electrons. The molecule has 3 aromatic heterocycles. The molecular weight excluding hydrogens is 361 g/mol. The zero-order valence-corrected chi connectivity index (χ0v) is 14.9. The second kappa shape index (κ2) is 7.21. The van der Waals surface area contributed by atoms with Gasteiger partial charge < -0.3 is 9.84 Å². The fraction of sp³-hybridized carbons (Fsp3) is 0.0952. The van der Waals surface area contributed by atoms with E-state index in [1.807, 2.05) is 30.3 Å². The lowest BCUT2D eigenvalue weighted by atomic mass is 9.99. The van der Waals surface area contributed by atoms with E-state index >= 15 is 0 Å². The van der Waals surface area contributed by atoms with Gasteiger partial charge in [-0.3, -0.25) is 0 Å². The summed E-state index contributed by atoms with van der Waals surface area (Å²) < 4.78 is 19.8. The first-order chi connectivity index (χ1) is 13.6. The molecule has 0 saturated carbocycles. The van der Waals surface area contributed by atoms with Crippen molar-refractivity contribution in [3.63, 3.8) is 0 Å². The minimum Gasteiger partial charge on any atom is -0.464 e. The van der Waals surface area contributed by atoms with E-state index in [1.165, 1.54) is 30.0 Å². The van der Waals surface area contributed by atoms with Crippen molar-refractivity contribution in [2.45, 2.75) is 6.10 Å². The maximum Gasteiger partial charge on any atom is 0.356 e. The predicted molar refractivity (Wildman–Crippen MR) is 100 cm³/mol. The van der Waals surface area contributed by atoms with E-state index in [0.29, 0.717) is 16.8 Å². The first-order valence-electron chi connectivity index (χ1n) is 8.55. The SMILES string of the molecule is COC(=O)c1cccc(C(O)c2c(-c3ccccc3)nn3cc(F)ccc23)n1. The van der Waals surface area contributed by atoms with Gasteiger partial charge in [0.2, 0.25) is 0 Å². The monoisotopic (exact) mass is 377 g/mol. The Bertz CT molecular complexity index is 1160. The Balaban J connectivity index is 1.91. The molecule has 0 aliphatic carbocycles. The van der Waals surface area contributed by atoms with E-state index in [1.54, 1.807) is 18.2 Å². The average Bonchev–Trinajstić information content (AvgIpc) is 3.11. The molecule has 0 bridgehead atoms. The lowest BCUT2D eigenvalue weighted by molar-refractivity contribution is 0.0593. The van der Waals surface area contributed by atoms with E-state index < -0.39 is 17.9 Å². The molecule has 1 N–H and O–H groups in total. The fourth-order valence-electron chi connectivity index (χ4n) is 3.09. The van der Waals surface area contributed by atoms with Crippen LogP contribution in [0.4, 0.5) is 4.39 Å². The third kappa shape index (κ3) is 3.12. The third-order valence-electron chi connectivity index (χ3n) is 4.40. The number of hydrogen-bond acceptors (Lipinski definition) is 5. The normalized spacial score (nSPS) is 12.1. The maximum atomic E-state index is 13.7. The first-order valence-corrected chi connectivity index (χ1v) is 8.55. The second-order valence-corrected chi connectivity index (χ2v) is 6.15. The molecule has 6 nitrogen and oxygen atoms in total. The minimum absolute atomic E-state index is 0.0860. The zero-order valence-electron chi connectivity index (χ0n) is 14.9. The number of hydrogen-bond donors (Lipinski definition) is 1. The molecule has 0 aliphatic rings. The molecule has 0 amide bonds. The summed E-state index contributed by atoms with van der Waals surface area (Å²) in [5.74, 6) is -1.04. The summed E-state index contributed by atoms with van der Waals surface area (Å²) in [6, 6.07) is 16.9. The number of pyridine rings is 2. The molecule has 1 atom stereocenters. The number of halogens is 1. The molecule has 0 fully saturated rings. The minimum atomic E-state index is -1.18. The van der Waals surface area contributed by atoms with Crippen LogP contribution < -0.4 is 0 Å². The van der Waals surface area contributed by atoms with Crippen molar-refractivity contribution in [3.8, 4) is 11.3 Å². The van der Waals surface area contributed by atoms with Crippen LogP contribution in [0.1, 0.15) is 27.8 Å². The van der Waals surface area contributed by atoms with Gasteiger partial charge in [-0.25, -0.2) is 18.7 Å². The molecule has 1 aromatic carbocycles. The molecular formula is C21H16FN3O3. The van der Waals surface area contributed by atoms with E-state index in [2.05, 4.69) is 10.1 Å². The molecule has 4 rings (SSSR count). The van der Waals surface area contributed by atoms with E-state index in [0.717, 1.165) is 5.56 Å². The summed E-state index contributed by atoms with van der Waals surface area (Å²) in [6.07, 6.45) is 0.0683. The van der Waals surface area contributed by atoms with Crippen LogP contribution in [0.25, 0.3) is 16.8 Å². The average molecular weight is 377 g/mol. The van der Waals surface area contributed by atoms with Gasteiger partial charge in [0.05, 0.1) is 30.2 Å². The van der Waals surface area contributed by atoms with Crippen molar-refractivity contribution < 1.29 is 19.0 Å². The molecule has 1 unspecified atom stereocenters. The van der Waals surface area contributed by atoms with Crippen molar-refractivity contribution in [2.24, 2.45) is 0 Å². The number of methoxy groups -OCH3 is 1. The van der Waals surface area contributed by atoms with Crippen LogP contribution in [0.3, 0.4) is 0 Å². The largest absolute Gasteiger partial charge is 0.464 e. The van der Waals surface area contributed by atoms with Crippen LogP contribution in [0.15, 0.2) is 66.9 Å². The van der Waals surface area contributed by atoms with Crippen LogP contribution in [-0.2, 0) is 4.74 Å². The van der Waals surface area contributed by atoms with Gasteiger partial charge in [0.25, 0.3) is 0 Å². The number of ether oxygens (including phenoxy) is 1. The number of aliphatic hydroxyl groups is 1. The summed E-state index contributed by atoms with van der Waals surface area (Å²) in [4.78, 5) is 16.0. The van der Waals surface area contributed by atoms with Gasteiger partial charge in [0.1, 0.15) is 17.6 Å². The van der Waals surface area contributed by atoms with Crippen LogP contribution >= 0.6 is 0 Å². The quantitative estimate of drug-likeness (QED) is 0.552. The lowest BCUT2D eigenvalue weighted by Gasteiger charge is -2.12. The molecule has 0 aliphatic heterocycles. The number of esters is 1. The van der Waals surface area contributed by atoms with Gasteiger partial charge in [-0.15, -0.1) is 0 Å². The van der Waals surface area contributed by atoms with Crippen LogP contribution in [0, 0.1) is 5.82 Å². The standard InChI is InChI=1S/C21H16FN3O3/c1-28-21(27)16-9-5-8-15(23-16)20(26)18-17-11-10-14(22)12-25(17)24-19(18)13-6-3-2-4-7-13/h2-12,20,26H,1H3. The number of benzene rings is 1. The molecule has 7 heteroatoms. The Labute approximate surface area is 159 Å². The number of aliphatic hydroxyl groups excluding tert-OH is 1. The van der Waals surface area contributed by atoms with Crippen LogP contribution in [0.2, 0.25) is 0 Å². The van der Waals surface area contributed by atoms with Crippen LogP contribution in [0.5, 0.6) is 0 Å². The van der Waals surface area contributed by atoms with Gasteiger partial charge in [-0.1, -0.05) is 36.4 Å². The Morgan fingerprint density at radius 1 is 1.11 bits per heavy atom. The highest BCUT2D eigenvalue weighted by Gasteiger charge is 2.24. The number of fused-ring (bicyclic) bond motifs is 1. The van der Waals surface area contributed by atoms with Gasteiger partial charge in [0.15, 0.2) is 0 Å². The first kappa shape index (κ1) is 17.8. The summed E-state index contributed by atoms with van der Waals surface area (Å²) in [5.41, 5.74) is 2.63. The number of aromatic nitrogens is 3. The molecule has 0 radical (unpaired) electrons. The molecule has 4 aromatic rings. The highest BCUT2D eigenvalue weighted by molar-refractivity contribution is 5.87. The molecule has 3 heterocycles. The van der Waals surface area contributed by atoms with E-state index in [-0.39, 0.29) is 11.4 Å². The van der Waals surface area contributed by atoms with Crippen molar-refractivity contribution in [1.82, 2.24) is 14.6 Å². The molecule has 28 heavy (non-hydrogen) atoms. The maximum absolute atomic E-state index is 13.7. The number of nitrogens with zero attached hydrogens (tertiary/aromatic N) is 3. The molecule has 0 spiro atoms. The van der Waals surface area contributed by atoms with Crippen LogP contribution in [-0.4, -0.2) is 32.8 Å². The van der Waals surface area contributed by atoms with Crippen molar-refractivity contribution in [1.29, 1.82) is 0 Å². The number of carbonyl (C=O) groups excluding carboxylic acids is 1. The summed E-state index contributed by atoms with van der Waals surface area (Å²) >= 11 is 0. The Morgan fingerprint density at radius 2 is 1.89 bits per heavy atom. The number of carbonyl (C=O) groups is 1. The third-order valence-corrected chi connectivity index (χ3v) is 4.40. The zero-order chi connectivity index (χ0) is 19.7. The predicted octanol–water partition coefficient (Wildman–Crippen LogP) is 3.40. The summed E-state index contributed by atoms with van der Waals surface area (Å²) in [5, 5.41) is 15.6. The van der Waals surface area contributed by atoms with Gasteiger partial charge >= 0.3 is 5.97 Å². The summed E-state index contributed by atoms with van der Waals surface area (Å²) in [7, 11) is 1.26. The Kier molecular flexibility index (Phi) is 4.58. The highest BCUT2D eigenvalue weighted by atomic mass is 19.1. The van der Waals surface area contributed by atoms with Crippen molar-refractivity contribution in [2.75, 3.05) is 7.11 Å². The van der Waals surface area contributed by atoms with Crippen molar-refractivity contribution in [3.05, 3.63) is 89.6 Å². The topological polar surface area (TPSA) is 76.7 Å². The Morgan fingerprint density at radius 3 is 2.64 bits per heavy atom. The van der Waals surface area contributed by atoms with Gasteiger partial charge in [-0.05, 0) is 24.3 Å². The Hall–Kier alpha value is -3.58. The smallest absolute Gasteiger partial charge is 0.356 e. The van der Waals surface area contributed by atoms with E-state index in [9.17, 15) is 14.3 Å². The summed E-state index contributed by atoms with van der Waals surface area (Å²) in [6.45, 7) is 0. The highest BCUT2D eigenvalue weighted by Crippen LogP contribution is 2.34. The molecule has 0 saturated heterocycles.